The van der Waals surface area contributed by atoms with Gasteiger partial charge in [-0.1, -0.05) is 17.3 Å². The number of hydrogen-bond acceptors (Lipinski definition) is 13. The van der Waals surface area contributed by atoms with Gasteiger partial charge in [-0.25, -0.2) is 18.7 Å². The van der Waals surface area contributed by atoms with Gasteiger partial charge >= 0.3 is 0 Å². The van der Waals surface area contributed by atoms with Crippen LogP contribution in [0.2, 0.25) is 0 Å². The Hall–Kier alpha value is -6.60. The van der Waals surface area contributed by atoms with Crippen LogP contribution in [0.4, 0.5) is 26.0 Å². The number of oxazole rings is 1. The van der Waals surface area contributed by atoms with Gasteiger partial charge < -0.3 is 29.8 Å². The summed E-state index contributed by atoms with van der Waals surface area (Å²) in [5.74, 6) is -0.0959. The van der Waals surface area contributed by atoms with Crippen LogP contribution >= 0.6 is 0 Å². The zero-order valence-electron chi connectivity index (χ0n) is 35.6. The van der Waals surface area contributed by atoms with Gasteiger partial charge in [0.1, 0.15) is 17.8 Å². The molecule has 4 aliphatic rings. The van der Waals surface area contributed by atoms with Crippen molar-refractivity contribution in [2.75, 3.05) is 61.8 Å². The maximum atomic E-state index is 14.2. The molecule has 338 valence electrons. The highest BCUT2D eigenvalue weighted by molar-refractivity contribution is 6.14. The third kappa shape index (κ3) is 9.33. The highest BCUT2D eigenvalue weighted by Gasteiger charge is 2.33. The third-order valence-corrected chi connectivity index (χ3v) is 13.1. The molecule has 6 aromatic rings. The fourth-order valence-electron chi connectivity index (χ4n) is 9.38. The summed E-state index contributed by atoms with van der Waals surface area (Å²) in [7, 11) is 0. The number of imide groups is 1. The quantitative estimate of drug-likeness (QED) is 0.0837. The van der Waals surface area contributed by atoms with E-state index in [-0.39, 0.29) is 48.1 Å². The van der Waals surface area contributed by atoms with E-state index < -0.39 is 29.9 Å². The number of alkyl halides is 2. The third-order valence-electron chi connectivity index (χ3n) is 13.1. The Labute approximate surface area is 371 Å². The van der Waals surface area contributed by atoms with Gasteiger partial charge in [-0.2, -0.15) is 5.10 Å². The molecule has 1 unspecified atom stereocenters. The molecular weight excluding hydrogens is 841 g/mol. The lowest BCUT2D eigenvalue weighted by Crippen LogP contribution is -2.49. The molecule has 2 aromatic carbocycles. The van der Waals surface area contributed by atoms with Crippen molar-refractivity contribution in [3.05, 3.63) is 78.2 Å². The number of anilines is 3. The number of piperazine rings is 1. The van der Waals surface area contributed by atoms with Crippen molar-refractivity contribution in [1.82, 2.24) is 40.0 Å². The molecule has 2 aliphatic carbocycles. The zero-order valence-corrected chi connectivity index (χ0v) is 35.6. The van der Waals surface area contributed by atoms with Gasteiger partial charge in [-0.05, 0) is 92.5 Å². The molecule has 2 saturated heterocycles. The van der Waals surface area contributed by atoms with Crippen LogP contribution < -0.4 is 21.3 Å². The molecule has 10 rings (SSSR count). The number of nitrogens with one attached hydrogen (secondary N) is 4. The van der Waals surface area contributed by atoms with E-state index >= 15 is 0 Å². The second-order valence-corrected chi connectivity index (χ2v) is 17.7. The van der Waals surface area contributed by atoms with Crippen molar-refractivity contribution in [1.29, 1.82) is 0 Å². The lowest BCUT2D eigenvalue weighted by Gasteiger charge is -2.38. The molecule has 17 nitrogen and oxygen atoms in total. The minimum absolute atomic E-state index is 0.0396. The number of fused-ring (bicyclic) bond motifs is 3. The summed E-state index contributed by atoms with van der Waals surface area (Å²) < 4.78 is 41.2. The van der Waals surface area contributed by atoms with Crippen molar-refractivity contribution in [2.24, 2.45) is 11.8 Å². The van der Waals surface area contributed by atoms with Crippen LogP contribution in [0.25, 0.3) is 33.2 Å². The van der Waals surface area contributed by atoms with Crippen LogP contribution in [0.5, 0.6) is 0 Å². The van der Waals surface area contributed by atoms with Crippen molar-refractivity contribution < 1.29 is 36.9 Å². The molecular formula is C46H49F2N11O6. The first-order valence-electron chi connectivity index (χ1n) is 22.4. The van der Waals surface area contributed by atoms with E-state index in [1.54, 1.807) is 29.1 Å². The second-order valence-electron chi connectivity index (χ2n) is 17.7. The van der Waals surface area contributed by atoms with Gasteiger partial charge in [0.05, 0.1) is 29.6 Å². The number of carbonyl (C=O) groups excluding carboxylic acids is 4. The van der Waals surface area contributed by atoms with Gasteiger partial charge in [-0.15, -0.1) is 0 Å². The molecule has 6 heterocycles. The number of piperidine rings is 1. The molecule has 65 heavy (non-hydrogen) atoms. The van der Waals surface area contributed by atoms with Crippen LogP contribution in [0, 0.1) is 11.8 Å². The summed E-state index contributed by atoms with van der Waals surface area (Å²) in [6.07, 6.45) is 7.81. The summed E-state index contributed by atoms with van der Waals surface area (Å²) in [6.45, 7) is 5.13. The Morgan fingerprint density at radius 3 is 2.48 bits per heavy atom. The average Bonchev–Trinajstić information content (AvgIpc) is 3.62. The van der Waals surface area contributed by atoms with Crippen molar-refractivity contribution >= 4 is 62.6 Å². The molecule has 4 N–H and O–H groups in total. The second kappa shape index (κ2) is 18.1. The Morgan fingerprint density at radius 1 is 0.892 bits per heavy atom. The summed E-state index contributed by atoms with van der Waals surface area (Å²) >= 11 is 0. The summed E-state index contributed by atoms with van der Waals surface area (Å²) in [6, 6.07) is 12.7. The number of aromatic nitrogens is 5. The SMILES string of the molecule is O=C1CCC(c2noc3ccc4c(NC(=O)CN5CCN(CC6CCC(n7cc(NC(=O)c8coc(-c9ccnc(NCC%10CC%10)c9)n8)c(C(F)F)n7)CC6)CC5)cccc4c23)C(=O)N1. The van der Waals surface area contributed by atoms with Crippen LogP contribution in [-0.2, 0) is 14.4 Å². The monoisotopic (exact) mass is 889 g/mol. The average molecular weight is 890 g/mol. The van der Waals surface area contributed by atoms with Gasteiger partial charge in [0.15, 0.2) is 17.0 Å². The predicted octanol–water partition coefficient (Wildman–Crippen LogP) is 6.75. The zero-order chi connectivity index (χ0) is 44.6. The Kier molecular flexibility index (Phi) is 11.8. The van der Waals surface area contributed by atoms with E-state index in [4.69, 9.17) is 8.94 Å². The van der Waals surface area contributed by atoms with Gasteiger partial charge in [0, 0.05) is 74.7 Å². The molecule has 0 bridgehead atoms. The first-order valence-corrected chi connectivity index (χ1v) is 22.4. The molecule has 19 heteroatoms. The largest absolute Gasteiger partial charge is 0.444 e. The molecule has 4 aromatic heterocycles. The molecule has 2 aliphatic heterocycles. The smallest absolute Gasteiger partial charge is 0.284 e. The van der Waals surface area contributed by atoms with Crippen molar-refractivity contribution in [3.8, 4) is 11.5 Å². The van der Waals surface area contributed by atoms with E-state index in [0.29, 0.717) is 52.0 Å². The number of nitrogens with zero attached hydrogens (tertiary/aromatic N) is 7. The van der Waals surface area contributed by atoms with E-state index in [1.165, 1.54) is 25.3 Å². The van der Waals surface area contributed by atoms with Crippen LogP contribution in [0.3, 0.4) is 0 Å². The van der Waals surface area contributed by atoms with Gasteiger partial charge in [0.25, 0.3) is 12.3 Å². The van der Waals surface area contributed by atoms with E-state index in [1.807, 2.05) is 24.3 Å². The number of halogens is 2. The Morgan fingerprint density at radius 2 is 1.69 bits per heavy atom. The molecule has 2 saturated carbocycles. The molecule has 0 radical (unpaired) electrons. The first kappa shape index (κ1) is 42.4. The van der Waals surface area contributed by atoms with Crippen LogP contribution in [-0.4, -0.2) is 104 Å². The molecule has 4 fully saturated rings. The molecule has 4 amide bonds. The standard InChI is InChI=1S/C46H49F2N11O6/c47-43(48)42-34(52-45(63)35-25-64-46(53-35)28-14-15-49-37(20-28)50-21-26-4-5-26)23-59(55-42)29-8-6-27(7-9-29)22-57-16-18-58(19-17-57)24-39(61)51-33-3-1-2-31-30(33)10-12-36-40(31)41(56-65-36)32-11-13-38(60)54-44(32)62/h1-3,10,12,14-15,20,23,25-27,29,32,43H,4-9,11,13,16-19,21-22,24H2,(H,49,50)(H,51,61)(H,52,63)(H,54,60,62). The minimum Gasteiger partial charge on any atom is -0.444 e. The van der Waals surface area contributed by atoms with E-state index in [0.717, 1.165) is 75.7 Å². The first-order chi connectivity index (χ1) is 31.6. The van der Waals surface area contributed by atoms with Crippen molar-refractivity contribution in [3.63, 3.8) is 0 Å². The number of carbonyl (C=O) groups is 4. The van der Waals surface area contributed by atoms with Gasteiger partial charge in [0.2, 0.25) is 23.6 Å². The normalized spacial score (nSPS) is 20.9. The van der Waals surface area contributed by atoms with Gasteiger partial charge in [-0.3, -0.25) is 34.1 Å². The fourth-order valence-corrected chi connectivity index (χ4v) is 9.38. The van der Waals surface area contributed by atoms with E-state index in [9.17, 15) is 28.0 Å². The summed E-state index contributed by atoms with van der Waals surface area (Å²) in [4.78, 5) is 64.3. The summed E-state index contributed by atoms with van der Waals surface area (Å²) in [5.41, 5.74) is 1.71. The summed E-state index contributed by atoms with van der Waals surface area (Å²) in [5, 5.41) is 22.1. The lowest BCUT2D eigenvalue weighted by atomic mass is 9.85. The Bertz CT molecular complexity index is 2750. The number of rotatable bonds is 14. The fraction of sp³-hybridized carbons (Fsp3) is 0.435. The number of pyridine rings is 1. The Balaban J connectivity index is 0.693. The minimum atomic E-state index is -2.88. The lowest BCUT2D eigenvalue weighted by molar-refractivity contribution is -0.134. The predicted molar refractivity (Wildman–Crippen MR) is 235 cm³/mol. The maximum Gasteiger partial charge on any atom is 0.284 e. The number of benzene rings is 2. The molecule has 0 spiro atoms. The topological polar surface area (TPSA) is 206 Å². The highest BCUT2D eigenvalue weighted by atomic mass is 19.3. The number of amides is 4. The van der Waals surface area contributed by atoms with Crippen LogP contribution in [0.15, 0.2) is 70.1 Å². The molecule has 1 atom stereocenters. The maximum absolute atomic E-state index is 14.2. The van der Waals surface area contributed by atoms with E-state index in [2.05, 4.69) is 51.3 Å². The van der Waals surface area contributed by atoms with Crippen molar-refractivity contribution in [2.45, 2.75) is 69.8 Å². The highest BCUT2D eigenvalue weighted by Crippen LogP contribution is 2.38. The number of hydrogen-bond donors (Lipinski definition) is 4. The van der Waals surface area contributed by atoms with Crippen LogP contribution in [0.1, 0.15) is 91.6 Å².